The fourth-order valence-corrected chi connectivity index (χ4v) is 2.12. The van der Waals surface area contributed by atoms with Crippen molar-refractivity contribution >= 4 is 5.91 Å². The van der Waals surface area contributed by atoms with E-state index in [-0.39, 0.29) is 12.5 Å². The van der Waals surface area contributed by atoms with Gasteiger partial charge in [0.15, 0.2) is 0 Å². The molecule has 1 amide bonds. The Kier molecular flexibility index (Phi) is 6.57. The SMILES string of the molecule is CCCCCN(CCO)C(=O)c1cc(C)ccc1C. The lowest BCUT2D eigenvalue weighted by Crippen LogP contribution is -2.35. The summed E-state index contributed by atoms with van der Waals surface area (Å²) in [6, 6.07) is 5.92. The van der Waals surface area contributed by atoms with Gasteiger partial charge in [-0.25, -0.2) is 0 Å². The van der Waals surface area contributed by atoms with E-state index in [4.69, 9.17) is 5.11 Å². The fraction of sp³-hybridized carbons (Fsp3) is 0.562. The van der Waals surface area contributed by atoms with Crippen molar-refractivity contribution in [2.45, 2.75) is 40.0 Å². The molecule has 0 atom stereocenters. The third kappa shape index (κ3) is 4.67. The van der Waals surface area contributed by atoms with Gasteiger partial charge in [-0.05, 0) is 31.9 Å². The second-order valence-electron chi connectivity index (χ2n) is 5.04. The van der Waals surface area contributed by atoms with Crippen molar-refractivity contribution < 1.29 is 9.90 Å². The van der Waals surface area contributed by atoms with Crippen molar-refractivity contribution in [3.8, 4) is 0 Å². The van der Waals surface area contributed by atoms with Crippen LogP contribution in [0.5, 0.6) is 0 Å². The Labute approximate surface area is 116 Å². The summed E-state index contributed by atoms with van der Waals surface area (Å²) < 4.78 is 0. The molecule has 19 heavy (non-hydrogen) atoms. The van der Waals surface area contributed by atoms with Crippen LogP contribution < -0.4 is 0 Å². The summed E-state index contributed by atoms with van der Waals surface area (Å²) in [5.74, 6) is 0.0337. The number of rotatable bonds is 7. The Balaban J connectivity index is 2.82. The molecule has 1 N–H and O–H groups in total. The van der Waals surface area contributed by atoms with Gasteiger partial charge in [0.1, 0.15) is 0 Å². The zero-order valence-corrected chi connectivity index (χ0v) is 12.3. The monoisotopic (exact) mass is 263 g/mol. The summed E-state index contributed by atoms with van der Waals surface area (Å²) >= 11 is 0. The summed E-state index contributed by atoms with van der Waals surface area (Å²) in [5.41, 5.74) is 2.84. The number of amides is 1. The Morgan fingerprint density at radius 1 is 1.21 bits per heavy atom. The number of unbranched alkanes of at least 4 members (excludes halogenated alkanes) is 2. The second kappa shape index (κ2) is 7.95. The summed E-state index contributed by atoms with van der Waals surface area (Å²) in [7, 11) is 0. The normalized spacial score (nSPS) is 10.5. The predicted molar refractivity (Wildman–Crippen MR) is 78.4 cm³/mol. The van der Waals surface area contributed by atoms with E-state index in [0.29, 0.717) is 6.54 Å². The van der Waals surface area contributed by atoms with E-state index < -0.39 is 0 Å². The van der Waals surface area contributed by atoms with E-state index in [1.54, 1.807) is 4.90 Å². The molecule has 0 saturated carbocycles. The summed E-state index contributed by atoms with van der Waals surface area (Å²) in [4.78, 5) is 14.3. The highest BCUT2D eigenvalue weighted by molar-refractivity contribution is 5.95. The van der Waals surface area contributed by atoms with Gasteiger partial charge >= 0.3 is 0 Å². The van der Waals surface area contributed by atoms with E-state index in [1.165, 1.54) is 0 Å². The lowest BCUT2D eigenvalue weighted by molar-refractivity contribution is 0.0718. The number of aliphatic hydroxyl groups excluding tert-OH is 1. The minimum atomic E-state index is 0.0166. The number of carbonyl (C=O) groups is 1. The predicted octanol–water partition coefficient (Wildman–Crippen LogP) is 2.93. The molecule has 0 aliphatic rings. The van der Waals surface area contributed by atoms with Gasteiger partial charge in [0, 0.05) is 18.7 Å². The zero-order valence-electron chi connectivity index (χ0n) is 12.3. The van der Waals surface area contributed by atoms with E-state index >= 15 is 0 Å². The maximum atomic E-state index is 12.5. The van der Waals surface area contributed by atoms with Crippen LogP contribution in [0.1, 0.15) is 47.7 Å². The number of benzene rings is 1. The number of nitrogens with zero attached hydrogens (tertiary/aromatic N) is 1. The molecule has 0 aliphatic carbocycles. The van der Waals surface area contributed by atoms with Gasteiger partial charge in [0.25, 0.3) is 5.91 Å². The van der Waals surface area contributed by atoms with Crippen molar-refractivity contribution in [1.82, 2.24) is 4.90 Å². The molecule has 3 nitrogen and oxygen atoms in total. The molecule has 1 aromatic rings. The molecule has 0 aliphatic heterocycles. The molecule has 1 rings (SSSR count). The third-order valence-electron chi connectivity index (χ3n) is 3.31. The lowest BCUT2D eigenvalue weighted by Gasteiger charge is -2.23. The first-order valence-electron chi connectivity index (χ1n) is 7.07. The van der Waals surface area contributed by atoms with Crippen LogP contribution in [0.4, 0.5) is 0 Å². The van der Waals surface area contributed by atoms with Crippen LogP contribution in [0.2, 0.25) is 0 Å². The molecular formula is C16H25NO2. The van der Waals surface area contributed by atoms with Gasteiger partial charge in [0.05, 0.1) is 6.61 Å². The van der Waals surface area contributed by atoms with Crippen molar-refractivity contribution in [3.63, 3.8) is 0 Å². The van der Waals surface area contributed by atoms with Gasteiger partial charge in [-0.3, -0.25) is 4.79 Å². The first kappa shape index (κ1) is 15.7. The van der Waals surface area contributed by atoms with Gasteiger partial charge in [-0.2, -0.15) is 0 Å². The average molecular weight is 263 g/mol. The highest BCUT2D eigenvalue weighted by atomic mass is 16.3. The standard InChI is InChI=1S/C16H25NO2/c1-4-5-6-9-17(10-11-18)16(19)15-12-13(2)7-8-14(15)3/h7-8,12,18H,4-6,9-11H2,1-3H3. The molecule has 0 unspecified atom stereocenters. The molecule has 0 saturated heterocycles. The van der Waals surface area contributed by atoms with Gasteiger partial charge in [0.2, 0.25) is 0 Å². The summed E-state index contributed by atoms with van der Waals surface area (Å²) in [6.07, 6.45) is 3.24. The Morgan fingerprint density at radius 2 is 1.95 bits per heavy atom. The van der Waals surface area contributed by atoms with E-state index in [9.17, 15) is 4.79 Å². The smallest absolute Gasteiger partial charge is 0.254 e. The fourth-order valence-electron chi connectivity index (χ4n) is 2.12. The maximum Gasteiger partial charge on any atom is 0.254 e. The highest BCUT2D eigenvalue weighted by Gasteiger charge is 2.16. The van der Waals surface area contributed by atoms with Crippen LogP contribution >= 0.6 is 0 Å². The lowest BCUT2D eigenvalue weighted by atomic mass is 10.0. The molecule has 0 bridgehead atoms. The Morgan fingerprint density at radius 3 is 2.58 bits per heavy atom. The number of carbonyl (C=O) groups excluding carboxylic acids is 1. The van der Waals surface area contributed by atoms with Crippen molar-refractivity contribution in [2.75, 3.05) is 19.7 Å². The van der Waals surface area contributed by atoms with Crippen LogP contribution in [-0.2, 0) is 0 Å². The van der Waals surface area contributed by atoms with Crippen molar-refractivity contribution in [1.29, 1.82) is 0 Å². The maximum absolute atomic E-state index is 12.5. The molecule has 0 heterocycles. The zero-order chi connectivity index (χ0) is 14.3. The molecule has 0 aromatic heterocycles. The third-order valence-corrected chi connectivity index (χ3v) is 3.31. The minimum absolute atomic E-state index is 0.0166. The molecule has 0 radical (unpaired) electrons. The molecule has 3 heteroatoms. The van der Waals surface area contributed by atoms with Crippen LogP contribution in [0, 0.1) is 13.8 Å². The minimum Gasteiger partial charge on any atom is -0.395 e. The molecule has 1 aromatic carbocycles. The van der Waals surface area contributed by atoms with Crippen LogP contribution in [-0.4, -0.2) is 35.6 Å². The quantitative estimate of drug-likeness (QED) is 0.768. The summed E-state index contributed by atoms with van der Waals surface area (Å²) in [6.45, 7) is 7.24. The first-order valence-corrected chi connectivity index (χ1v) is 7.07. The largest absolute Gasteiger partial charge is 0.395 e. The van der Waals surface area contributed by atoms with Crippen LogP contribution in [0.25, 0.3) is 0 Å². The van der Waals surface area contributed by atoms with Gasteiger partial charge in [-0.1, -0.05) is 37.5 Å². The number of hydrogen-bond acceptors (Lipinski definition) is 2. The number of aliphatic hydroxyl groups is 1. The Bertz CT molecular complexity index is 415. The average Bonchev–Trinajstić information content (AvgIpc) is 2.40. The molecule has 0 fully saturated rings. The Hall–Kier alpha value is -1.35. The topological polar surface area (TPSA) is 40.5 Å². The highest BCUT2D eigenvalue weighted by Crippen LogP contribution is 2.14. The van der Waals surface area contributed by atoms with Gasteiger partial charge < -0.3 is 10.0 Å². The van der Waals surface area contributed by atoms with Gasteiger partial charge in [-0.15, -0.1) is 0 Å². The molecule has 106 valence electrons. The number of aryl methyl sites for hydroxylation is 2. The van der Waals surface area contributed by atoms with Crippen molar-refractivity contribution in [2.24, 2.45) is 0 Å². The van der Waals surface area contributed by atoms with Crippen LogP contribution in [0.3, 0.4) is 0 Å². The second-order valence-corrected chi connectivity index (χ2v) is 5.04. The molecular weight excluding hydrogens is 238 g/mol. The summed E-state index contributed by atoms with van der Waals surface area (Å²) in [5, 5.41) is 9.12. The van der Waals surface area contributed by atoms with Crippen LogP contribution in [0.15, 0.2) is 18.2 Å². The van der Waals surface area contributed by atoms with E-state index in [2.05, 4.69) is 6.92 Å². The number of hydrogen-bond donors (Lipinski definition) is 1. The molecule has 0 spiro atoms. The van der Waals surface area contributed by atoms with E-state index in [1.807, 2.05) is 32.0 Å². The first-order chi connectivity index (χ1) is 9.10. The van der Waals surface area contributed by atoms with E-state index in [0.717, 1.165) is 42.5 Å². The van der Waals surface area contributed by atoms with Crippen molar-refractivity contribution in [3.05, 3.63) is 34.9 Å².